The summed E-state index contributed by atoms with van der Waals surface area (Å²) in [5.74, 6) is 0. The van der Waals surface area contributed by atoms with Crippen LogP contribution in [-0.4, -0.2) is 42.9 Å². The normalized spacial score (nSPS) is 28.0. The number of methoxy groups -OCH3 is 1. The van der Waals surface area contributed by atoms with E-state index in [-0.39, 0.29) is 0 Å². The number of aliphatic hydroxyl groups excluding tert-OH is 1. The van der Waals surface area contributed by atoms with Gasteiger partial charge in [-0.2, -0.15) is 0 Å². The predicted molar refractivity (Wildman–Crippen MR) is 102 cm³/mol. The fourth-order valence-corrected chi connectivity index (χ4v) is 3.13. The maximum absolute atomic E-state index is 10.7. The molecule has 1 aliphatic rings. The molecule has 0 amide bonds. The highest BCUT2D eigenvalue weighted by atomic mass is 16.7. The van der Waals surface area contributed by atoms with Gasteiger partial charge < -0.3 is 24.1 Å². The highest BCUT2D eigenvalue weighted by Crippen LogP contribution is 2.28. The number of aliphatic hydroxyl groups is 1. The summed E-state index contributed by atoms with van der Waals surface area (Å²) in [6.07, 6.45) is -1.80. The van der Waals surface area contributed by atoms with Crippen molar-refractivity contribution in [3.63, 3.8) is 0 Å². The molecule has 5 heteroatoms. The first-order valence-electron chi connectivity index (χ1n) is 9.03. The molecule has 0 unspecified atom stereocenters. The minimum atomic E-state index is -0.904. The first-order valence-corrected chi connectivity index (χ1v) is 9.03. The summed E-state index contributed by atoms with van der Waals surface area (Å²) >= 11 is 0. The molecule has 5 atom stereocenters. The van der Waals surface area contributed by atoms with Gasteiger partial charge in [-0.05, 0) is 11.1 Å². The van der Waals surface area contributed by atoms with Crippen molar-refractivity contribution in [1.29, 1.82) is 0 Å². The highest BCUT2D eigenvalue weighted by molar-refractivity contribution is 5.14. The monoisotopic (exact) mass is 370 g/mol. The molecule has 2 aromatic carbocycles. The molecule has 144 valence electrons. The van der Waals surface area contributed by atoms with Crippen LogP contribution in [-0.2, 0) is 32.2 Å². The molecule has 5 nitrogen and oxygen atoms in total. The van der Waals surface area contributed by atoms with Gasteiger partial charge in [0.15, 0.2) is 6.29 Å². The Labute approximate surface area is 160 Å². The van der Waals surface area contributed by atoms with Gasteiger partial charge in [-0.25, -0.2) is 0 Å². The van der Waals surface area contributed by atoms with Crippen LogP contribution in [0.25, 0.3) is 0 Å². The zero-order valence-corrected chi connectivity index (χ0v) is 15.4. The van der Waals surface area contributed by atoms with Crippen molar-refractivity contribution in [2.75, 3.05) is 7.11 Å². The Morgan fingerprint density at radius 2 is 1.44 bits per heavy atom. The summed E-state index contributed by atoms with van der Waals surface area (Å²) in [4.78, 5) is 0. The molecule has 0 radical (unpaired) electrons. The zero-order chi connectivity index (χ0) is 19.1. The molecule has 0 aromatic heterocycles. The third kappa shape index (κ3) is 5.03. The average molecular weight is 370 g/mol. The fraction of sp³-hybridized carbons (Fsp3) is 0.364. The summed E-state index contributed by atoms with van der Waals surface area (Å²) in [5, 5.41) is 10.7. The number of rotatable bonds is 8. The first-order chi connectivity index (χ1) is 13.2. The van der Waals surface area contributed by atoms with Crippen LogP contribution < -0.4 is 0 Å². The van der Waals surface area contributed by atoms with Gasteiger partial charge >= 0.3 is 0 Å². The van der Waals surface area contributed by atoms with Gasteiger partial charge in [0.25, 0.3) is 0 Å². The van der Waals surface area contributed by atoms with Crippen molar-refractivity contribution in [2.24, 2.45) is 0 Å². The van der Waals surface area contributed by atoms with Crippen LogP contribution in [0.15, 0.2) is 73.3 Å². The van der Waals surface area contributed by atoms with E-state index in [1.54, 1.807) is 13.2 Å². The third-order valence-electron chi connectivity index (χ3n) is 4.59. The Hall–Kier alpha value is -2.02. The van der Waals surface area contributed by atoms with Crippen LogP contribution in [0.3, 0.4) is 0 Å². The Kier molecular flexibility index (Phi) is 7.15. The second-order valence-corrected chi connectivity index (χ2v) is 6.45. The number of benzene rings is 2. The third-order valence-corrected chi connectivity index (χ3v) is 4.59. The molecule has 0 bridgehead atoms. The number of ether oxygens (including phenoxy) is 4. The van der Waals surface area contributed by atoms with E-state index >= 15 is 0 Å². The summed E-state index contributed by atoms with van der Waals surface area (Å²) in [6.45, 7) is 4.46. The molecular formula is C22H26O5. The Morgan fingerprint density at radius 1 is 0.926 bits per heavy atom. The van der Waals surface area contributed by atoms with E-state index in [0.717, 1.165) is 11.1 Å². The van der Waals surface area contributed by atoms with Gasteiger partial charge in [0.1, 0.15) is 24.4 Å². The minimum Gasteiger partial charge on any atom is -0.387 e. The second kappa shape index (κ2) is 9.78. The SMILES string of the molecule is C=C[C@@H]1O[C@H](OC)[C@H](OCc2ccccc2)[C@@H](OCc2ccccc2)[C@H]1O. The summed E-state index contributed by atoms with van der Waals surface area (Å²) in [6, 6.07) is 19.6. The lowest BCUT2D eigenvalue weighted by Gasteiger charge is -2.43. The van der Waals surface area contributed by atoms with Crippen molar-refractivity contribution in [2.45, 2.75) is 43.9 Å². The number of hydrogen-bond acceptors (Lipinski definition) is 5. The molecule has 3 rings (SSSR count). The average Bonchev–Trinajstić information content (AvgIpc) is 2.73. The van der Waals surface area contributed by atoms with E-state index < -0.39 is 30.7 Å². The molecule has 1 heterocycles. The smallest absolute Gasteiger partial charge is 0.186 e. The molecule has 1 saturated heterocycles. The van der Waals surface area contributed by atoms with Crippen molar-refractivity contribution >= 4 is 0 Å². The van der Waals surface area contributed by atoms with Crippen molar-refractivity contribution < 1.29 is 24.1 Å². The van der Waals surface area contributed by atoms with Crippen molar-refractivity contribution in [3.05, 3.63) is 84.4 Å². The quantitative estimate of drug-likeness (QED) is 0.724. The lowest BCUT2D eigenvalue weighted by Crippen LogP contribution is -2.59. The maximum atomic E-state index is 10.7. The van der Waals surface area contributed by atoms with E-state index in [1.165, 1.54) is 0 Å². The van der Waals surface area contributed by atoms with Gasteiger partial charge in [0.2, 0.25) is 0 Å². The molecule has 1 fully saturated rings. The zero-order valence-electron chi connectivity index (χ0n) is 15.4. The van der Waals surface area contributed by atoms with E-state index in [0.29, 0.717) is 13.2 Å². The Balaban J connectivity index is 1.74. The predicted octanol–water partition coefficient (Wildman–Crippen LogP) is 3.08. The topological polar surface area (TPSA) is 57.2 Å². The second-order valence-electron chi connectivity index (χ2n) is 6.45. The molecule has 0 spiro atoms. The van der Waals surface area contributed by atoms with Crippen LogP contribution in [0, 0.1) is 0 Å². The molecule has 1 aliphatic heterocycles. The molecule has 0 saturated carbocycles. The van der Waals surface area contributed by atoms with E-state index in [4.69, 9.17) is 18.9 Å². The van der Waals surface area contributed by atoms with Crippen LogP contribution >= 0.6 is 0 Å². The van der Waals surface area contributed by atoms with Crippen LogP contribution in [0.5, 0.6) is 0 Å². The first kappa shape index (κ1) is 19.7. The van der Waals surface area contributed by atoms with Gasteiger partial charge in [-0.15, -0.1) is 6.58 Å². The van der Waals surface area contributed by atoms with E-state index in [9.17, 15) is 5.11 Å². The molecule has 27 heavy (non-hydrogen) atoms. The summed E-state index contributed by atoms with van der Waals surface area (Å²) in [7, 11) is 1.55. The molecular weight excluding hydrogens is 344 g/mol. The molecule has 1 N–H and O–H groups in total. The lowest BCUT2D eigenvalue weighted by atomic mass is 9.98. The van der Waals surface area contributed by atoms with Crippen LogP contribution in [0.1, 0.15) is 11.1 Å². The number of hydrogen-bond donors (Lipinski definition) is 1. The summed E-state index contributed by atoms with van der Waals surface area (Å²) < 4.78 is 23.4. The molecule has 2 aromatic rings. The van der Waals surface area contributed by atoms with Crippen molar-refractivity contribution in [3.8, 4) is 0 Å². The van der Waals surface area contributed by atoms with Gasteiger partial charge in [-0.3, -0.25) is 0 Å². The summed E-state index contributed by atoms with van der Waals surface area (Å²) in [5.41, 5.74) is 2.04. The van der Waals surface area contributed by atoms with E-state index in [2.05, 4.69) is 6.58 Å². The highest BCUT2D eigenvalue weighted by Gasteiger charge is 2.46. The standard InChI is InChI=1S/C22H26O5/c1-3-18-19(23)20(25-14-16-10-6-4-7-11-16)21(22(24-2)27-18)26-15-17-12-8-5-9-13-17/h3-13,18-23H,1,14-15H2,2H3/t18-,19-,20-,21+,22-/m0/s1. The van der Waals surface area contributed by atoms with Crippen molar-refractivity contribution in [1.82, 2.24) is 0 Å². The Morgan fingerprint density at radius 3 is 1.93 bits per heavy atom. The van der Waals surface area contributed by atoms with Gasteiger partial charge in [0, 0.05) is 7.11 Å². The van der Waals surface area contributed by atoms with Gasteiger partial charge in [-0.1, -0.05) is 66.7 Å². The van der Waals surface area contributed by atoms with Crippen LogP contribution in [0.4, 0.5) is 0 Å². The lowest BCUT2D eigenvalue weighted by molar-refractivity contribution is -0.301. The largest absolute Gasteiger partial charge is 0.387 e. The maximum Gasteiger partial charge on any atom is 0.186 e. The van der Waals surface area contributed by atoms with Crippen LogP contribution in [0.2, 0.25) is 0 Å². The molecule has 0 aliphatic carbocycles. The fourth-order valence-electron chi connectivity index (χ4n) is 3.13. The minimum absolute atomic E-state index is 0.355. The van der Waals surface area contributed by atoms with Gasteiger partial charge in [0.05, 0.1) is 13.2 Å². The Bertz CT molecular complexity index is 690. The van der Waals surface area contributed by atoms with E-state index in [1.807, 2.05) is 60.7 Å².